The molecule has 1 aliphatic heterocycles. The summed E-state index contributed by atoms with van der Waals surface area (Å²) < 4.78 is 5.70. The van der Waals surface area contributed by atoms with E-state index in [0.29, 0.717) is 12.0 Å². The zero-order valence-corrected chi connectivity index (χ0v) is 12.0. The molecular formula is C16H25NO. The summed E-state index contributed by atoms with van der Waals surface area (Å²) in [6, 6.07) is 5.08. The van der Waals surface area contributed by atoms with Crippen molar-refractivity contribution in [2.75, 3.05) is 13.7 Å². The minimum absolute atomic E-state index is 0.510. The fraction of sp³-hybridized carbons (Fsp3) is 0.625. The number of ether oxygens (including phenoxy) is 1. The second-order valence-electron chi connectivity index (χ2n) is 5.64. The fourth-order valence-electron chi connectivity index (χ4n) is 2.87. The van der Waals surface area contributed by atoms with E-state index in [9.17, 15) is 0 Å². The molecule has 0 amide bonds. The van der Waals surface area contributed by atoms with E-state index in [-0.39, 0.29) is 0 Å². The predicted octanol–water partition coefficient (Wildman–Crippen LogP) is 3.42. The summed E-state index contributed by atoms with van der Waals surface area (Å²) in [6.45, 7) is 7.81. The Hall–Kier alpha value is -1.02. The summed E-state index contributed by atoms with van der Waals surface area (Å²) in [5.41, 5.74) is 4.07. The third kappa shape index (κ3) is 2.69. The third-order valence-electron chi connectivity index (χ3n) is 3.96. The highest BCUT2D eigenvalue weighted by molar-refractivity contribution is 5.48. The minimum Gasteiger partial charge on any atom is -0.496 e. The standard InChI is InChI=1S/C16H25NO/c1-11(2)14-8-7-12(3)15(16(14)18-4)10-13-6-5-9-17-13/h7-8,11,13,17H,5-6,9-10H2,1-4H3. The van der Waals surface area contributed by atoms with Gasteiger partial charge in [-0.05, 0) is 55.3 Å². The molecule has 2 heteroatoms. The van der Waals surface area contributed by atoms with Crippen LogP contribution in [-0.4, -0.2) is 19.7 Å². The van der Waals surface area contributed by atoms with Crippen LogP contribution in [0.3, 0.4) is 0 Å². The molecule has 0 radical (unpaired) electrons. The summed E-state index contributed by atoms with van der Waals surface area (Å²) in [5, 5.41) is 3.58. The number of hydrogen-bond acceptors (Lipinski definition) is 2. The first-order valence-electron chi connectivity index (χ1n) is 7.03. The Labute approximate surface area is 111 Å². The largest absolute Gasteiger partial charge is 0.496 e. The van der Waals surface area contributed by atoms with Gasteiger partial charge in [0.1, 0.15) is 5.75 Å². The van der Waals surface area contributed by atoms with Crippen LogP contribution in [0.15, 0.2) is 12.1 Å². The van der Waals surface area contributed by atoms with Crippen molar-refractivity contribution in [1.29, 1.82) is 0 Å². The topological polar surface area (TPSA) is 21.3 Å². The van der Waals surface area contributed by atoms with E-state index in [1.165, 1.54) is 29.5 Å². The van der Waals surface area contributed by atoms with Crippen LogP contribution in [0.2, 0.25) is 0 Å². The van der Waals surface area contributed by atoms with Crippen molar-refractivity contribution in [2.45, 2.75) is 52.0 Å². The van der Waals surface area contributed by atoms with Gasteiger partial charge in [-0.2, -0.15) is 0 Å². The zero-order valence-electron chi connectivity index (χ0n) is 12.0. The fourth-order valence-corrected chi connectivity index (χ4v) is 2.87. The van der Waals surface area contributed by atoms with Crippen LogP contribution < -0.4 is 10.1 Å². The molecule has 0 aromatic heterocycles. The number of rotatable bonds is 4. The van der Waals surface area contributed by atoms with Crippen molar-refractivity contribution in [3.05, 3.63) is 28.8 Å². The number of hydrogen-bond donors (Lipinski definition) is 1. The Balaban J connectivity index is 2.33. The van der Waals surface area contributed by atoms with Crippen molar-refractivity contribution in [2.24, 2.45) is 0 Å². The van der Waals surface area contributed by atoms with Gasteiger partial charge in [0.2, 0.25) is 0 Å². The van der Waals surface area contributed by atoms with Crippen LogP contribution in [0.5, 0.6) is 5.75 Å². The van der Waals surface area contributed by atoms with Gasteiger partial charge >= 0.3 is 0 Å². The molecule has 0 spiro atoms. The van der Waals surface area contributed by atoms with Crippen LogP contribution in [0.4, 0.5) is 0 Å². The van der Waals surface area contributed by atoms with Crippen LogP contribution in [0, 0.1) is 6.92 Å². The third-order valence-corrected chi connectivity index (χ3v) is 3.96. The Bertz CT molecular complexity index is 406. The Morgan fingerprint density at radius 2 is 2.17 bits per heavy atom. The molecule has 1 fully saturated rings. The van der Waals surface area contributed by atoms with Gasteiger partial charge in [-0.1, -0.05) is 26.0 Å². The minimum atomic E-state index is 0.510. The Morgan fingerprint density at radius 1 is 1.39 bits per heavy atom. The average molecular weight is 247 g/mol. The monoisotopic (exact) mass is 247 g/mol. The van der Waals surface area contributed by atoms with Crippen LogP contribution in [0.1, 0.15) is 49.3 Å². The molecular weight excluding hydrogens is 222 g/mol. The molecule has 0 aliphatic carbocycles. The van der Waals surface area contributed by atoms with E-state index in [1.807, 2.05) is 0 Å². The molecule has 1 N–H and O–H groups in total. The highest BCUT2D eigenvalue weighted by Crippen LogP contribution is 2.33. The van der Waals surface area contributed by atoms with Gasteiger partial charge in [-0.15, -0.1) is 0 Å². The molecule has 1 saturated heterocycles. The number of benzene rings is 1. The molecule has 0 saturated carbocycles. The smallest absolute Gasteiger partial charge is 0.125 e. The van der Waals surface area contributed by atoms with E-state index in [1.54, 1.807) is 7.11 Å². The molecule has 1 atom stereocenters. The molecule has 1 aliphatic rings. The molecule has 1 heterocycles. The van der Waals surface area contributed by atoms with E-state index >= 15 is 0 Å². The van der Waals surface area contributed by atoms with Gasteiger partial charge in [-0.3, -0.25) is 0 Å². The summed E-state index contributed by atoms with van der Waals surface area (Å²) in [7, 11) is 1.80. The first-order valence-corrected chi connectivity index (χ1v) is 7.03. The molecule has 1 unspecified atom stereocenters. The van der Waals surface area contributed by atoms with E-state index in [0.717, 1.165) is 18.7 Å². The number of methoxy groups -OCH3 is 1. The van der Waals surface area contributed by atoms with Gasteiger partial charge < -0.3 is 10.1 Å². The predicted molar refractivity (Wildman–Crippen MR) is 76.5 cm³/mol. The summed E-state index contributed by atoms with van der Waals surface area (Å²) in [5.74, 6) is 1.62. The van der Waals surface area contributed by atoms with E-state index in [2.05, 4.69) is 38.2 Å². The SMILES string of the molecule is COc1c(C(C)C)ccc(C)c1CC1CCCN1. The maximum atomic E-state index is 5.70. The molecule has 1 aromatic carbocycles. The van der Waals surface area contributed by atoms with Gasteiger partial charge in [0.15, 0.2) is 0 Å². The summed E-state index contributed by atoms with van der Waals surface area (Å²) >= 11 is 0. The molecule has 1 aromatic rings. The number of aryl methyl sites for hydroxylation is 1. The normalized spacial score (nSPS) is 19.5. The average Bonchev–Trinajstić information content (AvgIpc) is 2.84. The number of nitrogens with one attached hydrogen (secondary N) is 1. The Morgan fingerprint density at radius 3 is 2.72 bits per heavy atom. The molecule has 2 rings (SSSR count). The van der Waals surface area contributed by atoms with E-state index < -0.39 is 0 Å². The van der Waals surface area contributed by atoms with Crippen molar-refractivity contribution < 1.29 is 4.74 Å². The van der Waals surface area contributed by atoms with Crippen LogP contribution in [0.25, 0.3) is 0 Å². The van der Waals surface area contributed by atoms with Gasteiger partial charge in [0.05, 0.1) is 7.11 Å². The van der Waals surface area contributed by atoms with Crippen molar-refractivity contribution >= 4 is 0 Å². The second-order valence-corrected chi connectivity index (χ2v) is 5.64. The van der Waals surface area contributed by atoms with Crippen LogP contribution in [-0.2, 0) is 6.42 Å². The van der Waals surface area contributed by atoms with Crippen molar-refractivity contribution in [3.8, 4) is 5.75 Å². The van der Waals surface area contributed by atoms with Crippen LogP contribution >= 0.6 is 0 Å². The molecule has 100 valence electrons. The first kappa shape index (κ1) is 13.4. The maximum absolute atomic E-state index is 5.70. The molecule has 2 nitrogen and oxygen atoms in total. The van der Waals surface area contributed by atoms with Gasteiger partial charge in [0.25, 0.3) is 0 Å². The summed E-state index contributed by atoms with van der Waals surface area (Å²) in [4.78, 5) is 0. The Kier molecular flexibility index (Phi) is 4.28. The van der Waals surface area contributed by atoms with E-state index in [4.69, 9.17) is 4.74 Å². The van der Waals surface area contributed by atoms with Gasteiger partial charge in [0, 0.05) is 6.04 Å². The van der Waals surface area contributed by atoms with Gasteiger partial charge in [-0.25, -0.2) is 0 Å². The summed E-state index contributed by atoms with van der Waals surface area (Å²) in [6.07, 6.45) is 3.68. The van der Waals surface area contributed by atoms with Crippen molar-refractivity contribution in [3.63, 3.8) is 0 Å². The van der Waals surface area contributed by atoms with Crippen molar-refractivity contribution in [1.82, 2.24) is 5.32 Å². The lowest BCUT2D eigenvalue weighted by Gasteiger charge is -2.20. The zero-order chi connectivity index (χ0) is 13.1. The second kappa shape index (κ2) is 5.75. The lowest BCUT2D eigenvalue weighted by Crippen LogP contribution is -2.24. The lowest BCUT2D eigenvalue weighted by molar-refractivity contribution is 0.399. The highest BCUT2D eigenvalue weighted by Gasteiger charge is 2.20. The molecule has 0 bridgehead atoms. The lowest BCUT2D eigenvalue weighted by atomic mass is 9.92. The quantitative estimate of drug-likeness (QED) is 0.880. The highest BCUT2D eigenvalue weighted by atomic mass is 16.5. The first-order chi connectivity index (χ1) is 8.63. The molecule has 18 heavy (non-hydrogen) atoms. The maximum Gasteiger partial charge on any atom is 0.125 e.